The third-order valence-corrected chi connectivity index (χ3v) is 14.7. The fourth-order valence-corrected chi connectivity index (χ4v) is 12.3. The van der Waals surface area contributed by atoms with E-state index in [1.165, 1.54) is 48.5 Å². The molecule has 15 rings (SSSR count). The molecule has 0 radical (unpaired) electrons. The van der Waals surface area contributed by atoms with Crippen molar-refractivity contribution >= 4 is 136 Å². The van der Waals surface area contributed by atoms with Gasteiger partial charge in [0, 0.05) is 55.1 Å². The van der Waals surface area contributed by atoms with Crippen molar-refractivity contribution in [2.75, 3.05) is 9.80 Å². The van der Waals surface area contributed by atoms with Crippen LogP contribution in [0.5, 0.6) is 11.5 Å². The van der Waals surface area contributed by atoms with Crippen LogP contribution >= 0.6 is 11.8 Å². The maximum atomic E-state index is 7.39. The largest absolute Gasteiger partial charge is 0.458 e. The van der Waals surface area contributed by atoms with Gasteiger partial charge in [-0.1, -0.05) is 132 Å². The lowest BCUT2D eigenvalue weighted by atomic mass is 9.31. The number of fused-ring (bicyclic) bond motifs is 16. The van der Waals surface area contributed by atoms with Crippen LogP contribution < -0.4 is 47.3 Å². The van der Waals surface area contributed by atoms with Crippen molar-refractivity contribution in [3.05, 3.63) is 182 Å². The molecule has 0 aliphatic carbocycles. The number of ether oxygens (including phenoxy) is 1. The fourth-order valence-electron chi connectivity index (χ4n) is 11.1. The molecule has 4 aliphatic heterocycles. The van der Waals surface area contributed by atoms with Gasteiger partial charge in [-0.15, -0.1) is 0 Å². The van der Waals surface area contributed by atoms with Gasteiger partial charge in [0.15, 0.2) is 0 Å². The number of benzene rings is 9. The number of rotatable bonds is 2. The first-order chi connectivity index (χ1) is 30.8. The Bertz CT molecular complexity index is 3730. The standard InChI is InChI=1S/C54H30B2N2O3S/c1-3-15-31(16-4-1)57-39-23-11-9-21-35(39)55-37-27-38-47(29-44(37)61-54-50-34-20-8-14-26-43(34)59-45(50)28-41(57)51(54)55)62-48-30-46-49(33-19-7-13-25-42(33)60-46)53-52(48)56(38)36-22-10-12-24-40(36)58(53)32-17-5-2-6-18-32/h1-30H. The highest BCUT2D eigenvalue weighted by atomic mass is 32.2. The fraction of sp³-hybridized carbons (Fsp3) is 0. The Balaban J connectivity index is 1.03. The summed E-state index contributed by atoms with van der Waals surface area (Å²) in [7, 11) is 0. The number of anilines is 6. The molecule has 0 bridgehead atoms. The van der Waals surface area contributed by atoms with Crippen LogP contribution in [0.3, 0.4) is 0 Å². The number of hydrogen-bond acceptors (Lipinski definition) is 6. The van der Waals surface area contributed by atoms with Crippen LogP contribution in [0.15, 0.2) is 201 Å². The van der Waals surface area contributed by atoms with Crippen molar-refractivity contribution in [3.63, 3.8) is 0 Å². The van der Waals surface area contributed by atoms with Crippen molar-refractivity contribution in [3.8, 4) is 11.5 Å². The highest BCUT2D eigenvalue weighted by Crippen LogP contribution is 2.50. The molecule has 5 nitrogen and oxygen atoms in total. The Labute approximate surface area is 360 Å². The Hall–Kier alpha value is -7.54. The zero-order valence-electron chi connectivity index (χ0n) is 33.0. The van der Waals surface area contributed by atoms with Crippen LogP contribution in [0, 0.1) is 0 Å². The second-order valence-corrected chi connectivity index (χ2v) is 17.8. The predicted octanol–water partition coefficient (Wildman–Crippen LogP) is 10.7. The summed E-state index contributed by atoms with van der Waals surface area (Å²) in [5.41, 5.74) is 17.7. The summed E-state index contributed by atoms with van der Waals surface area (Å²) in [5, 5.41) is 4.33. The van der Waals surface area contributed by atoms with Gasteiger partial charge in [0.25, 0.3) is 6.71 Å². The zero-order chi connectivity index (χ0) is 40.2. The van der Waals surface area contributed by atoms with Crippen LogP contribution in [-0.2, 0) is 0 Å². The topological polar surface area (TPSA) is 42.0 Å². The second-order valence-electron chi connectivity index (χ2n) is 16.7. The number of para-hydroxylation sites is 6. The van der Waals surface area contributed by atoms with Gasteiger partial charge in [0.05, 0.1) is 16.5 Å². The van der Waals surface area contributed by atoms with Gasteiger partial charge in [0.2, 0.25) is 6.71 Å². The van der Waals surface area contributed by atoms with E-state index in [0.29, 0.717) is 0 Å². The molecule has 62 heavy (non-hydrogen) atoms. The highest BCUT2D eigenvalue weighted by molar-refractivity contribution is 8.00. The molecule has 6 heterocycles. The normalized spacial score (nSPS) is 14.1. The van der Waals surface area contributed by atoms with Crippen LogP contribution in [0.1, 0.15) is 0 Å². The third kappa shape index (κ3) is 4.27. The van der Waals surface area contributed by atoms with E-state index < -0.39 is 0 Å². The minimum Gasteiger partial charge on any atom is -0.458 e. The molecule has 0 spiro atoms. The van der Waals surface area contributed by atoms with Crippen molar-refractivity contribution in [2.45, 2.75) is 9.79 Å². The summed E-state index contributed by atoms with van der Waals surface area (Å²) >= 11 is 1.82. The maximum Gasteiger partial charge on any atom is 0.256 e. The minimum absolute atomic E-state index is 0.0309. The lowest BCUT2D eigenvalue weighted by Crippen LogP contribution is -2.63. The minimum atomic E-state index is -0.0888. The number of furan rings is 2. The number of hydrogen-bond donors (Lipinski definition) is 0. The Kier molecular flexibility index (Phi) is 6.46. The van der Waals surface area contributed by atoms with E-state index >= 15 is 0 Å². The monoisotopic (exact) mass is 808 g/mol. The van der Waals surface area contributed by atoms with E-state index in [4.69, 9.17) is 13.6 Å². The van der Waals surface area contributed by atoms with Gasteiger partial charge in [-0.25, -0.2) is 0 Å². The molecule has 0 unspecified atom stereocenters. The molecule has 2 aromatic heterocycles. The Morgan fingerprint density at radius 3 is 1.68 bits per heavy atom. The van der Waals surface area contributed by atoms with Crippen molar-refractivity contribution in [1.82, 2.24) is 0 Å². The molecule has 8 heteroatoms. The van der Waals surface area contributed by atoms with Crippen molar-refractivity contribution < 1.29 is 13.6 Å². The SMILES string of the molecule is c1ccc(N2c3ccccc3B3c4cc5c(cc4Oc4c3c2cc2oc3ccccc3c42)Sc2cc3oc4ccccc4c3c3c2B5c2ccccc2N3c2ccccc2)cc1. The maximum absolute atomic E-state index is 7.39. The first kappa shape index (κ1) is 33.2. The van der Waals surface area contributed by atoms with Crippen LogP contribution in [0.4, 0.5) is 34.1 Å². The summed E-state index contributed by atoms with van der Waals surface area (Å²) in [4.78, 5) is 7.25. The summed E-state index contributed by atoms with van der Waals surface area (Å²) < 4.78 is 20.8. The van der Waals surface area contributed by atoms with Crippen LogP contribution in [-0.4, -0.2) is 13.4 Å². The van der Waals surface area contributed by atoms with E-state index in [2.05, 4.69) is 186 Å². The molecule has 0 fully saturated rings. The summed E-state index contributed by atoms with van der Waals surface area (Å²) in [6.45, 7) is -0.120. The highest BCUT2D eigenvalue weighted by Gasteiger charge is 2.47. The molecule has 0 amide bonds. The zero-order valence-corrected chi connectivity index (χ0v) is 33.8. The van der Waals surface area contributed by atoms with E-state index in [1.807, 2.05) is 17.8 Å². The van der Waals surface area contributed by atoms with Crippen LogP contribution in [0.25, 0.3) is 43.9 Å². The second kappa shape index (κ2) is 12.1. The quantitative estimate of drug-likeness (QED) is 0.162. The molecule has 0 saturated carbocycles. The molecule has 9 aromatic carbocycles. The molecule has 11 aromatic rings. The van der Waals surface area contributed by atoms with Gasteiger partial charge < -0.3 is 23.4 Å². The van der Waals surface area contributed by atoms with E-state index in [0.717, 1.165) is 83.6 Å². The predicted molar refractivity (Wildman–Crippen MR) is 257 cm³/mol. The lowest BCUT2D eigenvalue weighted by molar-refractivity contribution is 0.492. The molecule has 4 aliphatic rings. The number of nitrogens with zero attached hydrogens (tertiary/aromatic N) is 2. The van der Waals surface area contributed by atoms with E-state index in [-0.39, 0.29) is 13.4 Å². The van der Waals surface area contributed by atoms with Gasteiger partial charge >= 0.3 is 0 Å². The summed E-state index contributed by atoms with van der Waals surface area (Å²) in [5.74, 6) is 1.74. The Morgan fingerprint density at radius 1 is 0.403 bits per heavy atom. The molecule has 0 atom stereocenters. The summed E-state index contributed by atoms with van der Waals surface area (Å²) in [6.07, 6.45) is 0. The molecular weight excluding hydrogens is 778 g/mol. The van der Waals surface area contributed by atoms with Gasteiger partial charge in [0.1, 0.15) is 33.8 Å². The van der Waals surface area contributed by atoms with E-state index in [1.54, 1.807) is 0 Å². The first-order valence-electron chi connectivity index (χ1n) is 21.1. The van der Waals surface area contributed by atoms with E-state index in [9.17, 15) is 0 Å². The smallest absolute Gasteiger partial charge is 0.256 e. The van der Waals surface area contributed by atoms with Crippen molar-refractivity contribution in [1.29, 1.82) is 0 Å². The van der Waals surface area contributed by atoms with Gasteiger partial charge in [-0.05, 0) is 88.0 Å². The van der Waals surface area contributed by atoms with Gasteiger partial charge in [-0.3, -0.25) is 0 Å². The van der Waals surface area contributed by atoms with Crippen LogP contribution in [0.2, 0.25) is 0 Å². The Morgan fingerprint density at radius 2 is 0.968 bits per heavy atom. The average molecular weight is 809 g/mol. The van der Waals surface area contributed by atoms with Crippen molar-refractivity contribution in [2.24, 2.45) is 0 Å². The first-order valence-corrected chi connectivity index (χ1v) is 22.0. The van der Waals surface area contributed by atoms with Gasteiger partial charge in [-0.2, -0.15) is 0 Å². The third-order valence-electron chi connectivity index (χ3n) is 13.5. The molecule has 0 saturated heterocycles. The molecule has 0 N–H and O–H groups in total. The lowest BCUT2D eigenvalue weighted by Gasteiger charge is -2.42. The molecule has 286 valence electrons. The average Bonchev–Trinajstić information content (AvgIpc) is 3.89. The summed E-state index contributed by atoms with van der Waals surface area (Å²) in [6, 6.07) is 65.5. The molecular formula is C54H30B2N2O3S.